The number of carbonyl (C=O) groups excluding carboxylic acids is 1. The molecule has 0 aliphatic carbocycles. The number of esters is 1. The summed E-state index contributed by atoms with van der Waals surface area (Å²) < 4.78 is 7.16. The number of non-ortho nitro benzene ring substituents is 1. The average molecular weight is 412 g/mol. The zero-order valence-corrected chi connectivity index (χ0v) is 16.2. The van der Waals surface area contributed by atoms with Crippen LogP contribution in [0, 0.1) is 10.1 Å². The number of nitro groups is 1. The van der Waals surface area contributed by atoms with E-state index < -0.39 is 16.8 Å². The Morgan fingerprint density at radius 3 is 2.45 bits per heavy atom. The molecular formula is C24H16N2O5. The zero-order chi connectivity index (χ0) is 21.5. The number of hydrogen-bond donors (Lipinski definition) is 0. The van der Waals surface area contributed by atoms with Gasteiger partial charge in [-0.3, -0.25) is 24.3 Å². The minimum Gasteiger partial charge on any atom is -0.425 e. The van der Waals surface area contributed by atoms with E-state index in [0.717, 1.165) is 0 Å². The number of ether oxygens (including phenoxy) is 1. The third kappa shape index (κ3) is 3.07. The average Bonchev–Trinajstić information content (AvgIpc) is 2.79. The minimum absolute atomic E-state index is 0.0729. The molecule has 4 aromatic rings. The van der Waals surface area contributed by atoms with Crippen LogP contribution in [0.15, 0.2) is 83.7 Å². The molecule has 7 heteroatoms. The van der Waals surface area contributed by atoms with Gasteiger partial charge in [0.15, 0.2) is 0 Å². The lowest BCUT2D eigenvalue weighted by Gasteiger charge is -2.27. The van der Waals surface area contributed by atoms with Crippen molar-refractivity contribution >= 4 is 22.6 Å². The van der Waals surface area contributed by atoms with E-state index in [0.29, 0.717) is 27.7 Å². The fraction of sp³-hybridized carbons (Fsp3) is 0.0833. The SMILES string of the molecule is O=C1CC(c2cccc([N+](=O)[O-])c2)c2c(c3ccccc3n(-c3ccccc3)c2=O)O1. The lowest BCUT2D eigenvalue weighted by atomic mass is 9.86. The predicted molar refractivity (Wildman–Crippen MR) is 115 cm³/mol. The van der Waals surface area contributed by atoms with Crippen molar-refractivity contribution in [2.24, 2.45) is 0 Å². The van der Waals surface area contributed by atoms with E-state index in [2.05, 4.69) is 0 Å². The van der Waals surface area contributed by atoms with Crippen LogP contribution in [0.4, 0.5) is 5.69 Å². The molecule has 0 N–H and O–H groups in total. The lowest BCUT2D eigenvalue weighted by molar-refractivity contribution is -0.384. The maximum absolute atomic E-state index is 13.8. The molecule has 1 aromatic heterocycles. The van der Waals surface area contributed by atoms with Crippen molar-refractivity contribution in [1.82, 2.24) is 4.57 Å². The minimum atomic E-state index is -0.650. The molecule has 1 aliphatic rings. The summed E-state index contributed by atoms with van der Waals surface area (Å²) in [6.07, 6.45) is -0.0729. The van der Waals surface area contributed by atoms with Crippen molar-refractivity contribution in [3.8, 4) is 11.4 Å². The Balaban J connectivity index is 1.85. The molecule has 0 saturated heterocycles. The first-order valence-electron chi connectivity index (χ1n) is 9.72. The van der Waals surface area contributed by atoms with Crippen molar-refractivity contribution in [2.75, 3.05) is 0 Å². The van der Waals surface area contributed by atoms with Gasteiger partial charge in [0.2, 0.25) is 0 Å². The summed E-state index contributed by atoms with van der Waals surface area (Å²) in [5, 5.41) is 11.9. The number of hydrogen-bond acceptors (Lipinski definition) is 5. The van der Waals surface area contributed by atoms with Gasteiger partial charge in [-0.1, -0.05) is 42.5 Å². The van der Waals surface area contributed by atoms with E-state index in [1.807, 2.05) is 42.5 Å². The molecule has 0 amide bonds. The molecule has 0 bridgehead atoms. The summed E-state index contributed by atoms with van der Waals surface area (Å²) >= 11 is 0. The third-order valence-corrected chi connectivity index (χ3v) is 5.50. The van der Waals surface area contributed by atoms with Crippen LogP contribution in [0.5, 0.6) is 5.75 Å². The monoisotopic (exact) mass is 412 g/mol. The second-order valence-electron chi connectivity index (χ2n) is 7.32. The Bertz CT molecular complexity index is 1410. The molecule has 0 saturated carbocycles. The van der Waals surface area contributed by atoms with Crippen molar-refractivity contribution in [1.29, 1.82) is 0 Å². The molecule has 5 rings (SSSR count). The van der Waals surface area contributed by atoms with E-state index in [1.165, 1.54) is 12.1 Å². The standard InChI is InChI=1S/C24H16N2O5/c27-21-14-19(15-7-6-10-17(13-15)26(29)30)22-23(31-21)18-11-4-5-12-20(18)25(24(22)28)16-8-2-1-3-9-16/h1-13,19H,14H2. The predicted octanol–water partition coefficient (Wildman–Crippen LogP) is 4.34. The number of pyridine rings is 1. The summed E-state index contributed by atoms with van der Waals surface area (Å²) in [6, 6.07) is 22.5. The van der Waals surface area contributed by atoms with Gasteiger partial charge in [-0.05, 0) is 29.8 Å². The fourth-order valence-corrected chi connectivity index (χ4v) is 4.15. The van der Waals surface area contributed by atoms with E-state index in [-0.39, 0.29) is 23.4 Å². The molecule has 152 valence electrons. The molecule has 1 atom stereocenters. The second-order valence-corrected chi connectivity index (χ2v) is 7.32. The van der Waals surface area contributed by atoms with Gasteiger partial charge in [0, 0.05) is 29.1 Å². The lowest BCUT2D eigenvalue weighted by Crippen LogP contribution is -2.32. The maximum Gasteiger partial charge on any atom is 0.312 e. The number of fused-ring (bicyclic) bond motifs is 3. The van der Waals surface area contributed by atoms with E-state index in [1.54, 1.807) is 28.8 Å². The second kappa shape index (κ2) is 7.21. The van der Waals surface area contributed by atoms with Crippen LogP contribution >= 0.6 is 0 Å². The molecule has 0 fully saturated rings. The number of carbonyl (C=O) groups is 1. The highest BCUT2D eigenvalue weighted by Crippen LogP contribution is 2.41. The quantitative estimate of drug-likeness (QED) is 0.284. The van der Waals surface area contributed by atoms with E-state index in [9.17, 15) is 19.7 Å². The van der Waals surface area contributed by atoms with Crippen molar-refractivity contribution < 1.29 is 14.5 Å². The van der Waals surface area contributed by atoms with Crippen LogP contribution in [-0.4, -0.2) is 15.5 Å². The summed E-state index contributed by atoms with van der Waals surface area (Å²) in [7, 11) is 0. The Morgan fingerprint density at radius 1 is 0.935 bits per heavy atom. The first kappa shape index (κ1) is 18.7. The summed E-state index contributed by atoms with van der Waals surface area (Å²) in [5.41, 5.74) is 1.74. The van der Waals surface area contributed by atoms with Crippen LogP contribution < -0.4 is 10.3 Å². The number of nitrogens with zero attached hydrogens (tertiary/aromatic N) is 2. The van der Waals surface area contributed by atoms with Crippen LogP contribution in [0.2, 0.25) is 0 Å². The van der Waals surface area contributed by atoms with Gasteiger partial charge in [-0.15, -0.1) is 0 Å². The molecule has 0 radical (unpaired) electrons. The first-order chi connectivity index (χ1) is 15.0. The van der Waals surface area contributed by atoms with Crippen LogP contribution in [0.1, 0.15) is 23.5 Å². The largest absolute Gasteiger partial charge is 0.425 e. The van der Waals surface area contributed by atoms with E-state index >= 15 is 0 Å². The maximum atomic E-state index is 13.8. The first-order valence-corrected chi connectivity index (χ1v) is 9.72. The molecule has 0 spiro atoms. The van der Waals surface area contributed by atoms with Gasteiger partial charge < -0.3 is 4.74 Å². The molecule has 2 heterocycles. The highest BCUT2D eigenvalue weighted by molar-refractivity contribution is 5.92. The fourth-order valence-electron chi connectivity index (χ4n) is 4.15. The van der Waals surface area contributed by atoms with Gasteiger partial charge >= 0.3 is 5.97 Å². The Morgan fingerprint density at radius 2 is 1.68 bits per heavy atom. The number of benzene rings is 3. The van der Waals surface area contributed by atoms with Crippen LogP contribution in [0.3, 0.4) is 0 Å². The molecule has 1 unspecified atom stereocenters. The molecule has 3 aromatic carbocycles. The topological polar surface area (TPSA) is 91.4 Å². The summed E-state index contributed by atoms with van der Waals surface area (Å²) in [5.74, 6) is -0.908. The summed E-state index contributed by atoms with van der Waals surface area (Å²) in [6.45, 7) is 0. The van der Waals surface area contributed by atoms with Crippen molar-refractivity contribution in [3.63, 3.8) is 0 Å². The molecule has 7 nitrogen and oxygen atoms in total. The highest BCUT2D eigenvalue weighted by Gasteiger charge is 2.34. The van der Waals surface area contributed by atoms with Gasteiger partial charge in [-0.2, -0.15) is 0 Å². The molecule has 1 aliphatic heterocycles. The highest BCUT2D eigenvalue weighted by atomic mass is 16.6. The number of para-hydroxylation sites is 2. The Hall–Kier alpha value is -4.26. The Kier molecular flexibility index (Phi) is 4.36. The number of nitro benzene ring substituents is 1. The normalized spacial score (nSPS) is 15.4. The van der Waals surface area contributed by atoms with E-state index in [4.69, 9.17) is 4.74 Å². The molecular weight excluding hydrogens is 396 g/mol. The number of aromatic nitrogens is 1. The van der Waals surface area contributed by atoms with Crippen molar-refractivity contribution in [2.45, 2.75) is 12.3 Å². The number of rotatable bonds is 3. The summed E-state index contributed by atoms with van der Waals surface area (Å²) in [4.78, 5) is 37.0. The van der Waals surface area contributed by atoms with Gasteiger partial charge in [-0.25, -0.2) is 0 Å². The van der Waals surface area contributed by atoms with Gasteiger partial charge in [0.1, 0.15) is 5.75 Å². The smallest absolute Gasteiger partial charge is 0.312 e. The van der Waals surface area contributed by atoms with Crippen LogP contribution in [0.25, 0.3) is 16.6 Å². The third-order valence-electron chi connectivity index (χ3n) is 5.50. The van der Waals surface area contributed by atoms with Crippen molar-refractivity contribution in [3.05, 3.63) is 110 Å². The Labute approximate surface area is 176 Å². The van der Waals surface area contributed by atoms with Gasteiger partial charge in [0.05, 0.1) is 22.4 Å². The molecule has 31 heavy (non-hydrogen) atoms. The van der Waals surface area contributed by atoms with Gasteiger partial charge in [0.25, 0.3) is 11.2 Å². The van der Waals surface area contributed by atoms with Crippen LogP contribution in [-0.2, 0) is 4.79 Å². The zero-order valence-electron chi connectivity index (χ0n) is 16.2.